The van der Waals surface area contributed by atoms with E-state index in [9.17, 15) is 0 Å². The minimum atomic E-state index is 0.588. The van der Waals surface area contributed by atoms with Crippen LogP contribution < -0.4 is 0 Å². The first-order chi connectivity index (χ1) is 29.7. The van der Waals surface area contributed by atoms with Crippen LogP contribution in [0.4, 0.5) is 0 Å². The highest BCUT2D eigenvalue weighted by molar-refractivity contribution is 6.23. The van der Waals surface area contributed by atoms with Gasteiger partial charge < -0.3 is 8.98 Å². The van der Waals surface area contributed by atoms with Crippen LogP contribution in [0.3, 0.4) is 0 Å². The molecule has 13 rings (SSSR count). The van der Waals surface area contributed by atoms with Crippen molar-refractivity contribution in [2.45, 2.75) is 0 Å². The fourth-order valence-corrected chi connectivity index (χ4v) is 9.32. The van der Waals surface area contributed by atoms with Crippen LogP contribution in [0.5, 0.6) is 0 Å². The minimum absolute atomic E-state index is 0.588. The highest BCUT2D eigenvalue weighted by Gasteiger charge is 2.22. The summed E-state index contributed by atoms with van der Waals surface area (Å²) in [5, 5.41) is 13.6. The fraction of sp³-hybridized carbons (Fsp3) is 0. The molecule has 0 bridgehead atoms. The average Bonchev–Trinajstić information content (AvgIpc) is 3.86. The molecule has 0 spiro atoms. The molecular formula is C55H32N4O. The summed E-state index contributed by atoms with van der Waals surface area (Å²) in [4.78, 5) is 15.7. The Hall–Kier alpha value is -8.15. The monoisotopic (exact) mass is 764 g/mol. The van der Waals surface area contributed by atoms with Gasteiger partial charge in [-0.2, -0.15) is 0 Å². The van der Waals surface area contributed by atoms with Crippen LogP contribution in [0.15, 0.2) is 199 Å². The SMILES string of the molecule is c1ccc(-c2nc(-c3ccc4ccccc4c3)nc(-c3cc4ccccc4c4oc5ccc(-n6c7cc8ccccc8cc7c7ccc8ccccc8c76)cc5c34)n2)cc1. The molecule has 0 N–H and O–H groups in total. The Bertz CT molecular complexity index is 3900. The van der Waals surface area contributed by atoms with Crippen molar-refractivity contribution in [1.29, 1.82) is 0 Å². The van der Waals surface area contributed by atoms with Gasteiger partial charge in [0.25, 0.3) is 0 Å². The molecule has 5 nitrogen and oxygen atoms in total. The minimum Gasteiger partial charge on any atom is -0.455 e. The predicted molar refractivity (Wildman–Crippen MR) is 248 cm³/mol. The van der Waals surface area contributed by atoms with Gasteiger partial charge in [-0.05, 0) is 74.8 Å². The van der Waals surface area contributed by atoms with E-state index in [-0.39, 0.29) is 0 Å². The van der Waals surface area contributed by atoms with E-state index < -0.39 is 0 Å². The van der Waals surface area contributed by atoms with E-state index >= 15 is 0 Å². The smallest absolute Gasteiger partial charge is 0.164 e. The second-order valence-corrected chi connectivity index (χ2v) is 15.6. The van der Waals surface area contributed by atoms with E-state index in [0.29, 0.717) is 17.5 Å². The Labute approximate surface area is 343 Å². The van der Waals surface area contributed by atoms with Crippen molar-refractivity contribution < 1.29 is 4.42 Å². The van der Waals surface area contributed by atoms with Gasteiger partial charge in [0, 0.05) is 54.7 Å². The Kier molecular flexibility index (Phi) is 6.95. The van der Waals surface area contributed by atoms with E-state index in [1.54, 1.807) is 0 Å². The summed E-state index contributed by atoms with van der Waals surface area (Å²) in [6.45, 7) is 0. The van der Waals surface area contributed by atoms with Crippen molar-refractivity contribution in [1.82, 2.24) is 19.5 Å². The van der Waals surface area contributed by atoms with Crippen LogP contribution in [-0.4, -0.2) is 19.5 Å². The maximum Gasteiger partial charge on any atom is 0.164 e. The van der Waals surface area contributed by atoms with Gasteiger partial charge in [0.1, 0.15) is 11.2 Å². The number of benzene rings is 10. The molecule has 60 heavy (non-hydrogen) atoms. The van der Waals surface area contributed by atoms with Crippen molar-refractivity contribution in [3.63, 3.8) is 0 Å². The molecule has 0 radical (unpaired) electrons. The first kappa shape index (κ1) is 32.9. The lowest BCUT2D eigenvalue weighted by molar-refractivity contribution is 0.672. The van der Waals surface area contributed by atoms with Gasteiger partial charge in [-0.15, -0.1) is 0 Å². The van der Waals surface area contributed by atoms with Crippen LogP contribution in [0.1, 0.15) is 0 Å². The fourth-order valence-electron chi connectivity index (χ4n) is 9.32. The van der Waals surface area contributed by atoms with Crippen molar-refractivity contribution in [2.75, 3.05) is 0 Å². The molecule has 0 atom stereocenters. The van der Waals surface area contributed by atoms with Gasteiger partial charge in [0.05, 0.1) is 11.0 Å². The molecule has 3 heterocycles. The van der Waals surface area contributed by atoms with Crippen LogP contribution in [0.2, 0.25) is 0 Å². The summed E-state index contributed by atoms with van der Waals surface area (Å²) in [5.74, 6) is 1.82. The molecule has 10 aromatic carbocycles. The Morgan fingerprint density at radius 3 is 1.82 bits per heavy atom. The Morgan fingerprint density at radius 1 is 0.367 bits per heavy atom. The third kappa shape index (κ3) is 4.96. The molecule has 0 aliphatic rings. The van der Waals surface area contributed by atoms with Crippen molar-refractivity contribution in [3.8, 4) is 39.9 Å². The van der Waals surface area contributed by atoms with Gasteiger partial charge >= 0.3 is 0 Å². The number of aromatic nitrogens is 4. The van der Waals surface area contributed by atoms with E-state index in [4.69, 9.17) is 19.4 Å². The number of furan rings is 1. The summed E-state index contributed by atoms with van der Waals surface area (Å²) < 4.78 is 9.34. The normalized spacial score (nSPS) is 12.0. The van der Waals surface area contributed by atoms with Crippen LogP contribution in [-0.2, 0) is 0 Å². The number of fused-ring (bicyclic) bond motifs is 12. The van der Waals surface area contributed by atoms with E-state index in [1.807, 2.05) is 18.2 Å². The van der Waals surface area contributed by atoms with Crippen molar-refractivity contribution in [2.24, 2.45) is 0 Å². The molecule has 0 aliphatic heterocycles. The second kappa shape index (κ2) is 12.7. The summed E-state index contributed by atoms with van der Waals surface area (Å²) in [6, 6.07) is 68.7. The molecule has 5 heteroatoms. The maximum atomic E-state index is 6.90. The van der Waals surface area contributed by atoms with Crippen molar-refractivity contribution in [3.05, 3.63) is 194 Å². The largest absolute Gasteiger partial charge is 0.455 e. The van der Waals surface area contributed by atoms with Crippen LogP contribution >= 0.6 is 0 Å². The van der Waals surface area contributed by atoms with Gasteiger partial charge in [-0.3, -0.25) is 0 Å². The van der Waals surface area contributed by atoms with Gasteiger partial charge in [0.15, 0.2) is 17.5 Å². The molecule has 0 saturated carbocycles. The third-order valence-electron chi connectivity index (χ3n) is 12.1. The summed E-state index contributed by atoms with van der Waals surface area (Å²) in [5.41, 5.74) is 7.73. The molecule has 13 aromatic rings. The van der Waals surface area contributed by atoms with Gasteiger partial charge in [-0.25, -0.2) is 15.0 Å². The number of nitrogens with zero attached hydrogens (tertiary/aromatic N) is 4. The number of rotatable bonds is 4. The van der Waals surface area contributed by atoms with E-state index in [1.165, 1.54) is 43.2 Å². The molecule has 0 amide bonds. The Morgan fingerprint density at radius 2 is 1.00 bits per heavy atom. The average molecular weight is 765 g/mol. The number of hydrogen-bond donors (Lipinski definition) is 0. The van der Waals surface area contributed by atoms with E-state index in [2.05, 4.69) is 180 Å². The third-order valence-corrected chi connectivity index (χ3v) is 12.1. The summed E-state index contributed by atoms with van der Waals surface area (Å²) in [7, 11) is 0. The molecule has 0 unspecified atom stereocenters. The van der Waals surface area contributed by atoms with Crippen LogP contribution in [0.25, 0.3) is 127 Å². The molecule has 0 aliphatic carbocycles. The van der Waals surface area contributed by atoms with Crippen LogP contribution in [0, 0.1) is 0 Å². The highest BCUT2D eigenvalue weighted by atomic mass is 16.3. The first-order valence-corrected chi connectivity index (χ1v) is 20.3. The van der Waals surface area contributed by atoms with Gasteiger partial charge in [0.2, 0.25) is 0 Å². The standard InChI is InChI=1S/C55H32N4O/c1-2-14-35(15-3-1)53-56-54(40-23-22-33-12-4-5-16-36(33)28-40)58-55(57-53)47-30-39-19-9-11-21-43(39)52-50(47)46-32-41(25-27-49(46)60-52)59-48-31-38-18-7-6-17-37(38)29-45(48)44-26-24-34-13-8-10-20-42(34)51(44)59/h1-32H. The Balaban J connectivity index is 1.12. The summed E-state index contributed by atoms with van der Waals surface area (Å²) in [6.07, 6.45) is 0. The zero-order valence-corrected chi connectivity index (χ0v) is 32.2. The van der Waals surface area contributed by atoms with E-state index in [0.717, 1.165) is 66.0 Å². The predicted octanol–water partition coefficient (Wildman–Crippen LogP) is 14.5. The second-order valence-electron chi connectivity index (χ2n) is 15.6. The molecule has 3 aromatic heterocycles. The topological polar surface area (TPSA) is 56.7 Å². The lowest BCUT2D eigenvalue weighted by Crippen LogP contribution is -2.00. The zero-order chi connectivity index (χ0) is 39.3. The molecule has 0 fully saturated rings. The number of hydrogen-bond acceptors (Lipinski definition) is 4. The highest BCUT2D eigenvalue weighted by Crippen LogP contribution is 2.44. The molecule has 0 saturated heterocycles. The zero-order valence-electron chi connectivity index (χ0n) is 32.2. The maximum absolute atomic E-state index is 6.90. The summed E-state index contributed by atoms with van der Waals surface area (Å²) >= 11 is 0. The lowest BCUT2D eigenvalue weighted by Gasteiger charge is -2.12. The first-order valence-electron chi connectivity index (χ1n) is 20.3. The van der Waals surface area contributed by atoms with Crippen molar-refractivity contribution >= 4 is 86.8 Å². The quantitative estimate of drug-likeness (QED) is 0.179. The van der Waals surface area contributed by atoms with Gasteiger partial charge in [-0.1, -0.05) is 152 Å². The molecular weight excluding hydrogens is 733 g/mol. The lowest BCUT2D eigenvalue weighted by atomic mass is 9.99. The molecule has 278 valence electrons.